The second kappa shape index (κ2) is 4.85. The summed E-state index contributed by atoms with van der Waals surface area (Å²) in [6, 6.07) is 15.9. The average Bonchev–Trinajstić information content (AvgIpc) is 3.20. The third-order valence-electron chi connectivity index (χ3n) is 4.33. The van der Waals surface area contributed by atoms with E-state index < -0.39 is 0 Å². The molecule has 2 aromatic carbocycles. The fourth-order valence-electron chi connectivity index (χ4n) is 3.22. The Bertz CT molecular complexity index is 1050. The summed E-state index contributed by atoms with van der Waals surface area (Å²) in [5, 5.41) is 3.46. The van der Waals surface area contributed by atoms with Crippen molar-refractivity contribution in [2.24, 2.45) is 0 Å². The molecule has 0 spiro atoms. The van der Waals surface area contributed by atoms with E-state index in [1.54, 1.807) is 0 Å². The predicted molar refractivity (Wildman–Crippen MR) is 103 cm³/mol. The Balaban J connectivity index is 1.71. The molecule has 0 aliphatic carbocycles. The molecule has 0 nitrogen and oxygen atoms in total. The first-order valence-electron chi connectivity index (χ1n) is 7.47. The standard InChI is InChI=1S/C19H14S3/c1-11-6-9-15(20-11)12-7-8-14-17(10-12)22-18-13-4-2-3-5-16(13)21-19(14)18/h2-8,10,15H,9H2,1H3. The topological polar surface area (TPSA) is 0 Å². The van der Waals surface area contributed by atoms with Crippen LogP contribution in [0.1, 0.15) is 24.2 Å². The summed E-state index contributed by atoms with van der Waals surface area (Å²) in [5.74, 6) is 0. The van der Waals surface area contributed by atoms with Gasteiger partial charge in [0.15, 0.2) is 0 Å². The first kappa shape index (κ1) is 13.2. The van der Waals surface area contributed by atoms with Crippen molar-refractivity contribution in [1.29, 1.82) is 0 Å². The van der Waals surface area contributed by atoms with Crippen LogP contribution in [0.2, 0.25) is 0 Å². The molecular formula is C19H14S3. The summed E-state index contributed by atoms with van der Waals surface area (Å²) in [6.45, 7) is 2.22. The van der Waals surface area contributed by atoms with Gasteiger partial charge in [0, 0.05) is 25.4 Å². The normalized spacial score (nSPS) is 18.6. The molecule has 108 valence electrons. The lowest BCUT2D eigenvalue weighted by atomic mass is 10.1. The fourth-order valence-corrected chi connectivity index (χ4v) is 7.04. The van der Waals surface area contributed by atoms with Crippen LogP contribution in [0, 0.1) is 0 Å². The van der Waals surface area contributed by atoms with Crippen molar-refractivity contribution in [1.82, 2.24) is 0 Å². The first-order valence-corrected chi connectivity index (χ1v) is 9.98. The van der Waals surface area contributed by atoms with E-state index in [-0.39, 0.29) is 0 Å². The lowest BCUT2D eigenvalue weighted by Crippen LogP contribution is -1.87. The minimum Gasteiger partial charge on any atom is -0.134 e. The molecule has 22 heavy (non-hydrogen) atoms. The molecule has 1 aliphatic heterocycles. The van der Waals surface area contributed by atoms with Crippen LogP contribution in [-0.4, -0.2) is 0 Å². The third-order valence-corrected chi connectivity index (χ3v) is 8.14. The summed E-state index contributed by atoms with van der Waals surface area (Å²) >= 11 is 5.89. The van der Waals surface area contributed by atoms with E-state index in [1.165, 1.54) is 46.5 Å². The lowest BCUT2D eigenvalue weighted by Gasteiger charge is -2.09. The van der Waals surface area contributed by atoms with Crippen LogP contribution in [0.5, 0.6) is 0 Å². The van der Waals surface area contributed by atoms with Gasteiger partial charge < -0.3 is 0 Å². The number of rotatable bonds is 1. The van der Waals surface area contributed by atoms with Crippen LogP contribution in [0.3, 0.4) is 0 Å². The van der Waals surface area contributed by atoms with Crippen molar-refractivity contribution in [2.45, 2.75) is 18.6 Å². The fraction of sp³-hybridized carbons (Fsp3) is 0.158. The molecule has 0 saturated heterocycles. The molecule has 2 aromatic heterocycles. The van der Waals surface area contributed by atoms with Crippen LogP contribution >= 0.6 is 34.4 Å². The number of fused-ring (bicyclic) bond motifs is 5. The van der Waals surface area contributed by atoms with Gasteiger partial charge in [-0.25, -0.2) is 0 Å². The molecule has 0 saturated carbocycles. The second-order valence-corrected chi connectivity index (χ2v) is 9.32. The Morgan fingerprint density at radius 2 is 1.68 bits per heavy atom. The minimum atomic E-state index is 0.612. The summed E-state index contributed by atoms with van der Waals surface area (Å²) < 4.78 is 5.76. The Morgan fingerprint density at radius 3 is 2.50 bits per heavy atom. The summed E-state index contributed by atoms with van der Waals surface area (Å²) in [4.78, 5) is 1.46. The monoisotopic (exact) mass is 338 g/mol. The minimum absolute atomic E-state index is 0.612. The summed E-state index contributed by atoms with van der Waals surface area (Å²) in [6.07, 6.45) is 3.53. The maximum Gasteiger partial charge on any atom is 0.0542 e. The molecular weight excluding hydrogens is 324 g/mol. The quantitative estimate of drug-likeness (QED) is 0.349. The Kier molecular flexibility index (Phi) is 2.91. The van der Waals surface area contributed by atoms with E-state index >= 15 is 0 Å². The van der Waals surface area contributed by atoms with Crippen LogP contribution in [0.15, 0.2) is 53.4 Å². The van der Waals surface area contributed by atoms with Crippen molar-refractivity contribution < 1.29 is 0 Å². The van der Waals surface area contributed by atoms with Crippen molar-refractivity contribution in [3.8, 4) is 0 Å². The van der Waals surface area contributed by atoms with Gasteiger partial charge in [-0.1, -0.05) is 36.4 Å². The third kappa shape index (κ3) is 1.89. The number of hydrogen-bond acceptors (Lipinski definition) is 3. The highest BCUT2D eigenvalue weighted by Crippen LogP contribution is 2.47. The SMILES string of the molecule is CC1=CCC(c2ccc3c(c2)sc2c4ccccc4sc32)S1. The molecule has 1 aliphatic rings. The Morgan fingerprint density at radius 1 is 0.909 bits per heavy atom. The van der Waals surface area contributed by atoms with Crippen LogP contribution in [-0.2, 0) is 0 Å². The Hall–Kier alpha value is -1.29. The summed E-state index contributed by atoms with van der Waals surface area (Å²) in [5.41, 5.74) is 1.48. The average molecular weight is 339 g/mol. The maximum absolute atomic E-state index is 2.42. The van der Waals surface area contributed by atoms with Crippen molar-refractivity contribution >= 4 is 64.0 Å². The van der Waals surface area contributed by atoms with Crippen LogP contribution in [0.25, 0.3) is 29.6 Å². The van der Waals surface area contributed by atoms with Gasteiger partial charge in [0.05, 0.1) is 9.40 Å². The van der Waals surface area contributed by atoms with Gasteiger partial charge in [-0.15, -0.1) is 34.4 Å². The number of benzene rings is 2. The largest absolute Gasteiger partial charge is 0.134 e. The molecule has 0 fully saturated rings. The van der Waals surface area contributed by atoms with Gasteiger partial charge in [0.2, 0.25) is 0 Å². The van der Waals surface area contributed by atoms with E-state index in [9.17, 15) is 0 Å². The van der Waals surface area contributed by atoms with Gasteiger partial charge in [-0.3, -0.25) is 0 Å². The molecule has 0 N–H and O–H groups in total. The van der Waals surface area contributed by atoms with E-state index in [0.717, 1.165) is 0 Å². The molecule has 5 rings (SSSR count). The van der Waals surface area contributed by atoms with E-state index in [0.29, 0.717) is 5.25 Å². The van der Waals surface area contributed by atoms with Crippen molar-refractivity contribution in [2.75, 3.05) is 0 Å². The van der Waals surface area contributed by atoms with Crippen molar-refractivity contribution in [3.63, 3.8) is 0 Å². The van der Waals surface area contributed by atoms with E-state index in [2.05, 4.69) is 55.5 Å². The van der Waals surface area contributed by atoms with Gasteiger partial charge in [-0.2, -0.15) is 0 Å². The summed E-state index contributed by atoms with van der Waals surface area (Å²) in [7, 11) is 0. The first-order chi connectivity index (χ1) is 10.8. The second-order valence-electron chi connectivity index (χ2n) is 5.77. The maximum atomic E-state index is 2.42. The molecule has 0 amide bonds. The Labute approximate surface area is 141 Å². The smallest absolute Gasteiger partial charge is 0.0542 e. The highest BCUT2D eigenvalue weighted by atomic mass is 32.2. The molecule has 1 unspecified atom stereocenters. The highest BCUT2D eigenvalue weighted by molar-refractivity contribution is 8.03. The lowest BCUT2D eigenvalue weighted by molar-refractivity contribution is 0.993. The molecule has 3 heteroatoms. The molecule has 0 radical (unpaired) electrons. The van der Waals surface area contributed by atoms with Gasteiger partial charge in [-0.05, 0) is 35.9 Å². The van der Waals surface area contributed by atoms with E-state index in [4.69, 9.17) is 0 Å². The molecule has 0 bridgehead atoms. The zero-order chi connectivity index (χ0) is 14.7. The van der Waals surface area contributed by atoms with Crippen LogP contribution in [0.4, 0.5) is 0 Å². The number of thioether (sulfide) groups is 1. The van der Waals surface area contributed by atoms with Crippen molar-refractivity contribution in [3.05, 3.63) is 59.0 Å². The molecule has 4 aromatic rings. The molecule has 3 heterocycles. The van der Waals surface area contributed by atoms with Gasteiger partial charge >= 0.3 is 0 Å². The van der Waals surface area contributed by atoms with Gasteiger partial charge in [0.25, 0.3) is 0 Å². The van der Waals surface area contributed by atoms with Crippen LogP contribution < -0.4 is 0 Å². The zero-order valence-corrected chi connectivity index (χ0v) is 14.6. The predicted octanol–water partition coefficient (Wildman–Crippen LogP) is 7.35. The highest BCUT2D eigenvalue weighted by Gasteiger charge is 2.19. The number of thiophene rings is 2. The number of hydrogen-bond donors (Lipinski definition) is 0. The zero-order valence-electron chi connectivity index (χ0n) is 12.1. The number of allylic oxidation sites excluding steroid dienone is 2. The van der Waals surface area contributed by atoms with Gasteiger partial charge in [0.1, 0.15) is 0 Å². The molecule has 1 atom stereocenters. The van der Waals surface area contributed by atoms with E-state index in [1.807, 2.05) is 34.4 Å².